The zero-order valence-electron chi connectivity index (χ0n) is 19.4. The summed E-state index contributed by atoms with van der Waals surface area (Å²) in [5.41, 5.74) is 2.54. The van der Waals surface area contributed by atoms with E-state index in [0.29, 0.717) is 5.69 Å². The van der Waals surface area contributed by atoms with Gasteiger partial charge >= 0.3 is 5.69 Å². The van der Waals surface area contributed by atoms with E-state index in [0.717, 1.165) is 31.5 Å². The molecule has 0 bridgehead atoms. The molecule has 7 nitrogen and oxygen atoms in total. The Kier molecular flexibility index (Phi) is 6.54. The molecule has 34 heavy (non-hydrogen) atoms. The molecule has 172 valence electrons. The van der Waals surface area contributed by atoms with E-state index in [1.165, 1.54) is 0 Å². The van der Waals surface area contributed by atoms with Gasteiger partial charge in [0, 0.05) is 0 Å². The van der Waals surface area contributed by atoms with Crippen molar-refractivity contribution in [2.45, 2.75) is 33.4 Å². The number of nitrogens with zero attached hydrogens (tertiary/aromatic N) is 3. The van der Waals surface area contributed by atoms with Crippen LogP contribution in [-0.2, 0) is 6.54 Å². The van der Waals surface area contributed by atoms with Gasteiger partial charge < -0.3 is 5.32 Å². The summed E-state index contributed by atoms with van der Waals surface area (Å²) in [6.45, 7) is 5.75. The summed E-state index contributed by atoms with van der Waals surface area (Å²) in [4.78, 5) is 39.7. The lowest BCUT2D eigenvalue weighted by atomic mass is 10.1. The van der Waals surface area contributed by atoms with Crippen molar-refractivity contribution >= 4 is 5.91 Å². The minimum atomic E-state index is -0.730. The molecule has 1 heterocycles. The Balaban J connectivity index is 1.80. The molecule has 7 heteroatoms. The third-order valence-corrected chi connectivity index (χ3v) is 5.66. The Bertz CT molecular complexity index is 1420. The van der Waals surface area contributed by atoms with Gasteiger partial charge in [0.15, 0.2) is 0 Å². The van der Waals surface area contributed by atoms with Gasteiger partial charge in [0.2, 0.25) is 5.69 Å². The molecule has 1 amide bonds. The molecular weight excluding hydrogens is 428 g/mol. The van der Waals surface area contributed by atoms with Crippen molar-refractivity contribution in [1.82, 2.24) is 19.7 Å². The summed E-state index contributed by atoms with van der Waals surface area (Å²) >= 11 is 0. The van der Waals surface area contributed by atoms with Crippen molar-refractivity contribution < 1.29 is 4.79 Å². The van der Waals surface area contributed by atoms with Crippen molar-refractivity contribution in [3.05, 3.63) is 128 Å². The van der Waals surface area contributed by atoms with Crippen LogP contribution in [0.2, 0.25) is 0 Å². The van der Waals surface area contributed by atoms with E-state index < -0.39 is 17.2 Å². The molecule has 1 aromatic heterocycles. The lowest BCUT2D eigenvalue weighted by molar-refractivity contribution is 0.0930. The molecule has 0 aliphatic heterocycles. The van der Waals surface area contributed by atoms with Crippen LogP contribution < -0.4 is 16.6 Å². The van der Waals surface area contributed by atoms with Crippen LogP contribution >= 0.6 is 0 Å². The molecular formula is C27H26N4O3. The second-order valence-corrected chi connectivity index (χ2v) is 8.36. The average molecular weight is 455 g/mol. The van der Waals surface area contributed by atoms with Gasteiger partial charge in [0.25, 0.3) is 11.5 Å². The number of benzene rings is 3. The fourth-order valence-corrected chi connectivity index (χ4v) is 3.62. The van der Waals surface area contributed by atoms with E-state index >= 15 is 0 Å². The molecule has 4 aromatic rings. The van der Waals surface area contributed by atoms with Gasteiger partial charge in [-0.2, -0.15) is 9.78 Å². The fraction of sp³-hybridized carbons (Fsp3) is 0.185. The van der Waals surface area contributed by atoms with Crippen molar-refractivity contribution in [3.63, 3.8) is 0 Å². The molecule has 3 aromatic carbocycles. The fourth-order valence-electron chi connectivity index (χ4n) is 3.62. The number of carbonyl (C=O) groups is 1. The summed E-state index contributed by atoms with van der Waals surface area (Å²) in [5, 5.41) is 7.02. The van der Waals surface area contributed by atoms with Crippen LogP contribution in [0.4, 0.5) is 0 Å². The number of aromatic nitrogens is 3. The quantitative estimate of drug-likeness (QED) is 0.483. The first-order chi connectivity index (χ1) is 16.3. The van der Waals surface area contributed by atoms with Gasteiger partial charge in [-0.1, -0.05) is 77.9 Å². The Labute approximate surface area is 197 Å². The van der Waals surface area contributed by atoms with Crippen LogP contribution in [0, 0.1) is 13.8 Å². The first kappa shape index (κ1) is 22.9. The predicted molar refractivity (Wildman–Crippen MR) is 131 cm³/mol. The third-order valence-electron chi connectivity index (χ3n) is 5.66. The highest BCUT2D eigenvalue weighted by atomic mass is 16.2. The summed E-state index contributed by atoms with van der Waals surface area (Å²) in [5.74, 6) is -0.639. The molecule has 1 atom stereocenters. The Morgan fingerprint density at radius 2 is 1.47 bits per heavy atom. The molecule has 4 rings (SSSR count). The normalized spacial score (nSPS) is 11.7. The summed E-state index contributed by atoms with van der Waals surface area (Å²) in [7, 11) is 0. The van der Waals surface area contributed by atoms with Gasteiger partial charge in [0.1, 0.15) is 0 Å². The average Bonchev–Trinajstić information content (AvgIpc) is 2.84. The van der Waals surface area contributed by atoms with Gasteiger partial charge in [-0.25, -0.2) is 4.79 Å². The number of carbonyl (C=O) groups excluding carboxylic acids is 1. The maximum absolute atomic E-state index is 13.3. The van der Waals surface area contributed by atoms with E-state index in [9.17, 15) is 14.4 Å². The van der Waals surface area contributed by atoms with E-state index in [1.807, 2.05) is 87.5 Å². The highest BCUT2D eigenvalue weighted by Gasteiger charge is 2.22. The van der Waals surface area contributed by atoms with Crippen molar-refractivity contribution in [1.29, 1.82) is 0 Å². The topological polar surface area (TPSA) is 86.0 Å². The van der Waals surface area contributed by atoms with Crippen LogP contribution in [0.5, 0.6) is 0 Å². The highest BCUT2D eigenvalue weighted by molar-refractivity contribution is 5.92. The maximum Gasteiger partial charge on any atom is 0.352 e. The number of amides is 1. The number of rotatable bonds is 6. The molecule has 0 aliphatic carbocycles. The van der Waals surface area contributed by atoms with E-state index in [2.05, 4.69) is 10.4 Å². The molecule has 0 spiro atoms. The highest BCUT2D eigenvalue weighted by Crippen LogP contribution is 2.12. The van der Waals surface area contributed by atoms with Gasteiger partial charge in [-0.15, -0.1) is 0 Å². The smallest absolute Gasteiger partial charge is 0.344 e. The molecule has 1 unspecified atom stereocenters. The Hall–Kier alpha value is -4.26. The van der Waals surface area contributed by atoms with Crippen LogP contribution in [0.15, 0.2) is 88.5 Å². The molecule has 0 radical (unpaired) electrons. The second kappa shape index (κ2) is 9.70. The summed E-state index contributed by atoms with van der Waals surface area (Å²) in [6, 6.07) is 23.8. The summed E-state index contributed by atoms with van der Waals surface area (Å²) in [6.07, 6.45) is 0. The number of aryl methyl sites for hydroxylation is 2. The molecule has 0 aliphatic rings. The lowest BCUT2D eigenvalue weighted by Crippen LogP contribution is -2.46. The lowest BCUT2D eigenvalue weighted by Gasteiger charge is -2.16. The monoisotopic (exact) mass is 454 g/mol. The molecule has 0 fully saturated rings. The van der Waals surface area contributed by atoms with E-state index in [-0.39, 0.29) is 18.3 Å². The standard InChI is InChI=1S/C27H26N4O3/c1-18-9-13-21(14-10-18)17-30-26(33)24(25(32)28-20(3)22-7-5-4-6-8-22)29-31(27(30)34)23-15-11-19(2)12-16-23/h4-16,20H,17H2,1-3H3,(H,28,32). The second-order valence-electron chi connectivity index (χ2n) is 8.36. The van der Waals surface area contributed by atoms with Gasteiger partial charge in [-0.05, 0) is 44.0 Å². The third kappa shape index (κ3) is 4.88. The maximum atomic E-state index is 13.3. The molecule has 0 saturated heterocycles. The minimum absolute atomic E-state index is 0.0286. The minimum Gasteiger partial charge on any atom is -0.344 e. The van der Waals surface area contributed by atoms with Gasteiger partial charge in [-0.3, -0.25) is 14.2 Å². The van der Waals surface area contributed by atoms with Crippen LogP contribution in [0.3, 0.4) is 0 Å². The van der Waals surface area contributed by atoms with Crippen LogP contribution in [0.1, 0.15) is 45.7 Å². The largest absolute Gasteiger partial charge is 0.352 e. The number of hydrogen-bond donors (Lipinski definition) is 1. The summed E-state index contributed by atoms with van der Waals surface area (Å²) < 4.78 is 2.16. The van der Waals surface area contributed by atoms with Crippen LogP contribution in [-0.4, -0.2) is 20.3 Å². The van der Waals surface area contributed by atoms with E-state index in [1.54, 1.807) is 12.1 Å². The molecule has 0 saturated carbocycles. The first-order valence-electron chi connectivity index (χ1n) is 11.1. The van der Waals surface area contributed by atoms with E-state index in [4.69, 9.17) is 0 Å². The number of hydrogen-bond acceptors (Lipinski definition) is 4. The zero-order chi connectivity index (χ0) is 24.2. The first-order valence-corrected chi connectivity index (χ1v) is 11.1. The number of nitrogens with one attached hydrogen (secondary N) is 1. The van der Waals surface area contributed by atoms with Crippen molar-refractivity contribution in [3.8, 4) is 5.69 Å². The Morgan fingerprint density at radius 3 is 2.09 bits per heavy atom. The van der Waals surface area contributed by atoms with Gasteiger partial charge in [0.05, 0.1) is 18.3 Å². The SMILES string of the molecule is Cc1ccc(Cn2c(=O)c(C(=O)NC(C)c3ccccc3)nn(-c3ccc(C)cc3)c2=O)cc1. The Morgan fingerprint density at radius 1 is 0.882 bits per heavy atom. The van der Waals surface area contributed by atoms with Crippen molar-refractivity contribution in [2.24, 2.45) is 0 Å². The zero-order valence-corrected chi connectivity index (χ0v) is 19.4. The van der Waals surface area contributed by atoms with Crippen LogP contribution in [0.25, 0.3) is 5.69 Å². The predicted octanol–water partition coefficient (Wildman–Crippen LogP) is 3.55. The molecule has 1 N–H and O–H groups in total. The van der Waals surface area contributed by atoms with Crippen molar-refractivity contribution in [2.75, 3.05) is 0 Å².